The number of hydrogen-bond acceptors (Lipinski definition) is 6. The maximum atomic E-state index is 13.7. The van der Waals surface area contributed by atoms with Crippen LogP contribution in [0.5, 0.6) is 0 Å². The van der Waals surface area contributed by atoms with E-state index in [1.54, 1.807) is 0 Å². The van der Waals surface area contributed by atoms with Crippen LogP contribution in [0.4, 0.5) is 22.0 Å². The summed E-state index contributed by atoms with van der Waals surface area (Å²) in [6.45, 7) is 2.59. The van der Waals surface area contributed by atoms with E-state index < -0.39 is 53.1 Å². The van der Waals surface area contributed by atoms with Crippen molar-refractivity contribution in [2.45, 2.75) is 44.5 Å². The van der Waals surface area contributed by atoms with E-state index in [4.69, 9.17) is 4.42 Å². The van der Waals surface area contributed by atoms with E-state index in [0.717, 1.165) is 18.3 Å². The van der Waals surface area contributed by atoms with Crippen LogP contribution in [0.3, 0.4) is 0 Å². The van der Waals surface area contributed by atoms with E-state index in [2.05, 4.69) is 20.1 Å². The number of amides is 1. The molecule has 0 unspecified atom stereocenters. The average Bonchev–Trinajstić information content (AvgIpc) is 3.53. The number of aromatic nitrogens is 5. The van der Waals surface area contributed by atoms with Gasteiger partial charge in [-0.1, -0.05) is 0 Å². The number of carbonyl (C=O) groups excluding carboxylic acids is 1. The first kappa shape index (κ1) is 23.9. The van der Waals surface area contributed by atoms with E-state index in [9.17, 15) is 31.9 Å². The molecule has 5 rings (SSSR count). The molecule has 1 aliphatic heterocycles. The average molecular weight is 510 g/mol. The van der Waals surface area contributed by atoms with Crippen molar-refractivity contribution in [1.82, 2.24) is 29.5 Å². The molecule has 190 valence electrons. The largest absolute Gasteiger partial charge is 0.432 e. The van der Waals surface area contributed by atoms with Crippen molar-refractivity contribution in [2.24, 2.45) is 0 Å². The number of imidazole rings is 1. The summed E-state index contributed by atoms with van der Waals surface area (Å²) in [5.41, 5.74) is -2.19. The van der Waals surface area contributed by atoms with Gasteiger partial charge in [-0.25, -0.2) is 23.3 Å². The predicted molar refractivity (Wildman–Crippen MR) is 112 cm³/mol. The summed E-state index contributed by atoms with van der Waals surface area (Å²) in [5, 5.41) is 14.5. The number of alkyl halides is 5. The van der Waals surface area contributed by atoms with Crippen LogP contribution in [0.15, 0.2) is 35.1 Å². The number of rotatable bonds is 4. The fourth-order valence-electron chi connectivity index (χ4n) is 4.14. The summed E-state index contributed by atoms with van der Waals surface area (Å²) < 4.78 is 73.6. The minimum Gasteiger partial charge on any atom is -0.432 e. The Labute approximate surface area is 199 Å². The minimum absolute atomic E-state index is 0.0432. The molecule has 5 heterocycles. The molecule has 1 aliphatic rings. The molecule has 0 bridgehead atoms. The third kappa shape index (κ3) is 4.00. The Hall–Kier alpha value is -3.81. The van der Waals surface area contributed by atoms with Crippen molar-refractivity contribution in [3.8, 4) is 0 Å². The van der Waals surface area contributed by atoms with E-state index >= 15 is 0 Å². The number of halogens is 5. The molecule has 0 spiro atoms. The van der Waals surface area contributed by atoms with Gasteiger partial charge >= 0.3 is 6.18 Å². The number of oxazole rings is 1. The van der Waals surface area contributed by atoms with Gasteiger partial charge in [0, 0.05) is 24.9 Å². The molecule has 9 nitrogen and oxygen atoms in total. The first-order valence-electron chi connectivity index (χ1n) is 10.8. The van der Waals surface area contributed by atoms with Gasteiger partial charge < -0.3 is 19.4 Å². The zero-order valence-corrected chi connectivity index (χ0v) is 18.8. The van der Waals surface area contributed by atoms with E-state index in [1.165, 1.54) is 35.7 Å². The quantitative estimate of drug-likeness (QED) is 0.401. The second-order valence-corrected chi connectivity index (χ2v) is 8.86. The minimum atomic E-state index is -4.56. The lowest BCUT2D eigenvalue weighted by Gasteiger charge is -2.33. The van der Waals surface area contributed by atoms with Gasteiger partial charge in [-0.05, 0) is 32.0 Å². The molecule has 0 aliphatic carbocycles. The van der Waals surface area contributed by atoms with Crippen LogP contribution in [0.1, 0.15) is 71.1 Å². The van der Waals surface area contributed by atoms with Gasteiger partial charge in [0.05, 0.1) is 28.8 Å². The van der Waals surface area contributed by atoms with Crippen LogP contribution in [0, 0.1) is 0 Å². The lowest BCUT2D eigenvalue weighted by molar-refractivity contribution is -0.137. The highest BCUT2D eigenvalue weighted by Crippen LogP contribution is 2.37. The predicted octanol–water partition coefficient (Wildman–Crippen LogP) is 4.02. The van der Waals surface area contributed by atoms with Crippen molar-refractivity contribution < 1.29 is 36.3 Å². The SMILES string of the molecule is CC(C)(O)c1nc(C(F)F)c(C(=O)N2CCc3[nH]cnc3[C@@H]2c2cc3cc(C(F)(F)F)ccn3n2)o1. The Morgan fingerprint density at radius 2 is 2.03 bits per heavy atom. The Morgan fingerprint density at radius 3 is 2.69 bits per heavy atom. The zero-order valence-electron chi connectivity index (χ0n) is 18.8. The second-order valence-electron chi connectivity index (χ2n) is 8.86. The summed E-state index contributed by atoms with van der Waals surface area (Å²) in [6, 6.07) is 2.15. The highest BCUT2D eigenvalue weighted by atomic mass is 19.4. The first-order valence-corrected chi connectivity index (χ1v) is 10.8. The molecule has 0 aromatic carbocycles. The van der Waals surface area contributed by atoms with Gasteiger partial charge in [-0.2, -0.15) is 18.3 Å². The summed E-state index contributed by atoms with van der Waals surface area (Å²) in [5.74, 6) is -2.14. The monoisotopic (exact) mass is 510 g/mol. The fraction of sp³-hybridized carbons (Fsp3) is 0.364. The van der Waals surface area contributed by atoms with Crippen molar-refractivity contribution >= 4 is 11.4 Å². The third-order valence-corrected chi connectivity index (χ3v) is 5.85. The van der Waals surface area contributed by atoms with Gasteiger partial charge in [0.25, 0.3) is 12.3 Å². The van der Waals surface area contributed by atoms with Crippen molar-refractivity contribution in [3.63, 3.8) is 0 Å². The van der Waals surface area contributed by atoms with Gasteiger partial charge in [0.2, 0.25) is 11.7 Å². The molecule has 4 aromatic rings. The van der Waals surface area contributed by atoms with Crippen LogP contribution in [-0.2, 0) is 18.2 Å². The van der Waals surface area contributed by atoms with Gasteiger partial charge in [-0.3, -0.25) is 4.79 Å². The summed E-state index contributed by atoms with van der Waals surface area (Å²) >= 11 is 0. The van der Waals surface area contributed by atoms with E-state index in [-0.39, 0.29) is 17.8 Å². The maximum Gasteiger partial charge on any atom is 0.416 e. The van der Waals surface area contributed by atoms with Crippen molar-refractivity contribution in [3.05, 3.63) is 70.7 Å². The highest BCUT2D eigenvalue weighted by molar-refractivity contribution is 5.93. The molecular weight excluding hydrogens is 491 g/mol. The topological polar surface area (TPSA) is 113 Å². The van der Waals surface area contributed by atoms with Crippen LogP contribution in [0.2, 0.25) is 0 Å². The Bertz CT molecular complexity index is 1450. The van der Waals surface area contributed by atoms with Gasteiger partial charge in [0.15, 0.2) is 5.69 Å². The lowest BCUT2D eigenvalue weighted by Crippen LogP contribution is -2.41. The van der Waals surface area contributed by atoms with Crippen LogP contribution in [0.25, 0.3) is 5.52 Å². The van der Waals surface area contributed by atoms with Crippen molar-refractivity contribution in [1.29, 1.82) is 0 Å². The maximum absolute atomic E-state index is 13.7. The molecule has 14 heteroatoms. The molecule has 0 saturated heterocycles. The Morgan fingerprint density at radius 1 is 1.28 bits per heavy atom. The second kappa shape index (κ2) is 8.11. The molecule has 2 N–H and O–H groups in total. The smallest absolute Gasteiger partial charge is 0.416 e. The van der Waals surface area contributed by atoms with Gasteiger partial charge in [0.1, 0.15) is 11.6 Å². The van der Waals surface area contributed by atoms with Crippen LogP contribution >= 0.6 is 0 Å². The lowest BCUT2D eigenvalue weighted by atomic mass is 9.99. The van der Waals surface area contributed by atoms with Gasteiger partial charge in [-0.15, -0.1) is 0 Å². The molecule has 36 heavy (non-hydrogen) atoms. The Balaban J connectivity index is 1.61. The molecule has 0 fully saturated rings. The molecule has 1 atom stereocenters. The first-order chi connectivity index (χ1) is 16.8. The molecular formula is C22H19F5N6O3. The number of nitrogens with one attached hydrogen (secondary N) is 1. The molecule has 0 saturated carbocycles. The summed E-state index contributed by atoms with van der Waals surface area (Å²) in [7, 11) is 0. The van der Waals surface area contributed by atoms with Crippen molar-refractivity contribution in [2.75, 3.05) is 6.54 Å². The van der Waals surface area contributed by atoms with Crippen LogP contribution < -0.4 is 0 Å². The standard InChI is InChI=1S/C22H19F5N6O3/c1-21(2,35)20-30-15(18(23)24)17(36-20)19(34)32-5-4-12-14(29-9-28-12)16(32)13-8-11-7-10(22(25,26)27)3-6-33(11)31-13/h3,6-9,16,18,35H,4-5H2,1-2H3,(H,28,29)/t16-/m0/s1. The molecule has 0 radical (unpaired) electrons. The van der Waals surface area contributed by atoms with E-state index in [0.29, 0.717) is 17.8 Å². The number of pyridine rings is 1. The third-order valence-electron chi connectivity index (χ3n) is 5.85. The number of hydrogen-bond donors (Lipinski definition) is 2. The summed E-state index contributed by atoms with van der Waals surface area (Å²) in [6.07, 6.45) is -4.88. The molecule has 1 amide bonds. The highest BCUT2D eigenvalue weighted by Gasteiger charge is 2.41. The fourth-order valence-corrected chi connectivity index (χ4v) is 4.14. The summed E-state index contributed by atoms with van der Waals surface area (Å²) in [4.78, 5) is 25.6. The molecule has 4 aromatic heterocycles. The number of nitrogens with zero attached hydrogens (tertiary/aromatic N) is 5. The Kier molecular flexibility index (Phi) is 5.39. The zero-order chi connectivity index (χ0) is 26.0. The normalized spacial score (nSPS) is 16.7. The number of aromatic amines is 1. The number of fused-ring (bicyclic) bond motifs is 2. The van der Waals surface area contributed by atoms with Crippen LogP contribution in [-0.4, -0.2) is 47.0 Å². The van der Waals surface area contributed by atoms with E-state index in [1.807, 2.05) is 0 Å². The number of carbonyl (C=O) groups is 1. The number of aliphatic hydroxyl groups is 1. The number of H-pyrrole nitrogens is 1.